The Morgan fingerprint density at radius 3 is 2.59 bits per heavy atom. The molecule has 1 fully saturated rings. The minimum atomic E-state index is -0.477. The second kappa shape index (κ2) is 10.7. The number of carbonyl (C=O) groups excluding carboxylic acids is 1. The number of piperazine rings is 1. The van der Waals surface area contributed by atoms with Gasteiger partial charge in [0.05, 0.1) is 18.3 Å². The minimum Gasteiger partial charge on any atom is -0.496 e. The smallest absolute Gasteiger partial charge is 0.293 e. The molecule has 1 amide bonds. The summed E-state index contributed by atoms with van der Waals surface area (Å²) in [6.07, 6.45) is 3.12. The number of carbonyl (C=O) groups is 1. The Kier molecular flexibility index (Phi) is 7.44. The van der Waals surface area contributed by atoms with Crippen molar-refractivity contribution in [1.29, 1.82) is 0 Å². The molecule has 0 unspecified atom stereocenters. The molecule has 1 N–H and O–H groups in total. The van der Waals surface area contributed by atoms with Gasteiger partial charge >= 0.3 is 0 Å². The van der Waals surface area contributed by atoms with Crippen molar-refractivity contribution >= 4 is 29.4 Å². The number of aromatic nitrogens is 2. The Bertz CT molecular complexity index is 1170. The van der Waals surface area contributed by atoms with Crippen molar-refractivity contribution in [2.45, 2.75) is 6.54 Å². The Morgan fingerprint density at radius 1 is 1.21 bits per heavy atom. The number of hydrogen-bond donors (Lipinski definition) is 1. The number of nitrogens with one attached hydrogen (secondary N) is 1. The van der Waals surface area contributed by atoms with E-state index in [9.17, 15) is 9.18 Å². The molecule has 4 rings (SSSR count). The molecule has 1 aliphatic heterocycles. The summed E-state index contributed by atoms with van der Waals surface area (Å²) in [7, 11) is 3.34. The summed E-state index contributed by atoms with van der Waals surface area (Å²) in [6, 6.07) is 12.4. The largest absolute Gasteiger partial charge is 0.496 e. The van der Waals surface area contributed by atoms with Gasteiger partial charge in [0, 0.05) is 57.2 Å². The second-order valence-electron chi connectivity index (χ2n) is 8.01. The highest BCUT2D eigenvalue weighted by Gasteiger charge is 2.19. The maximum absolute atomic E-state index is 13.2. The number of amides is 1. The third-order valence-corrected chi connectivity index (χ3v) is 5.92. The molecule has 8 nitrogen and oxygen atoms in total. The van der Waals surface area contributed by atoms with E-state index in [0.29, 0.717) is 0 Å². The van der Waals surface area contributed by atoms with Gasteiger partial charge in [0.2, 0.25) is 0 Å². The van der Waals surface area contributed by atoms with E-state index < -0.39 is 5.91 Å². The first-order valence-electron chi connectivity index (χ1n) is 10.9. The van der Waals surface area contributed by atoms with E-state index in [2.05, 4.69) is 25.4 Å². The van der Waals surface area contributed by atoms with Gasteiger partial charge in [0.25, 0.3) is 5.91 Å². The molecule has 3 aromatic rings. The number of nitrogens with zero attached hydrogens (tertiary/aromatic N) is 5. The number of ether oxygens (including phenoxy) is 1. The third-order valence-electron chi connectivity index (χ3n) is 5.64. The molecule has 1 aliphatic rings. The summed E-state index contributed by atoms with van der Waals surface area (Å²) >= 11 is 6.00. The zero-order chi connectivity index (χ0) is 24.1. The van der Waals surface area contributed by atoms with E-state index >= 15 is 0 Å². The highest BCUT2D eigenvalue weighted by atomic mass is 35.5. The van der Waals surface area contributed by atoms with Crippen LogP contribution in [0.25, 0.3) is 0 Å². The van der Waals surface area contributed by atoms with E-state index in [4.69, 9.17) is 16.3 Å². The van der Waals surface area contributed by atoms with Gasteiger partial charge in [0.1, 0.15) is 11.6 Å². The van der Waals surface area contributed by atoms with Gasteiger partial charge in [-0.25, -0.2) is 9.82 Å². The van der Waals surface area contributed by atoms with Crippen LogP contribution in [0.2, 0.25) is 5.02 Å². The number of aryl methyl sites for hydroxylation is 1. The van der Waals surface area contributed by atoms with E-state index in [1.165, 1.54) is 16.8 Å². The van der Waals surface area contributed by atoms with Crippen LogP contribution >= 0.6 is 11.6 Å². The number of methoxy groups -OCH3 is 1. The molecular formula is C24H26ClFN6O2. The molecule has 178 valence electrons. The first kappa shape index (κ1) is 23.7. The Hall–Kier alpha value is -3.43. The van der Waals surface area contributed by atoms with Gasteiger partial charge in [-0.2, -0.15) is 10.2 Å². The quantitative estimate of drug-likeness (QED) is 0.411. The number of hydrogen-bond acceptors (Lipinski definition) is 6. The van der Waals surface area contributed by atoms with Crippen LogP contribution in [0, 0.1) is 5.82 Å². The zero-order valence-corrected chi connectivity index (χ0v) is 19.8. The fourth-order valence-electron chi connectivity index (χ4n) is 3.89. The highest BCUT2D eigenvalue weighted by molar-refractivity contribution is 6.33. The molecule has 2 heterocycles. The summed E-state index contributed by atoms with van der Waals surface area (Å²) in [5.74, 6) is 0.0926. The first-order valence-corrected chi connectivity index (χ1v) is 11.2. The van der Waals surface area contributed by atoms with E-state index in [-0.39, 0.29) is 16.5 Å². The van der Waals surface area contributed by atoms with E-state index in [1.807, 2.05) is 30.3 Å². The second-order valence-corrected chi connectivity index (χ2v) is 8.42. The van der Waals surface area contributed by atoms with Gasteiger partial charge in [-0.3, -0.25) is 14.4 Å². The fraction of sp³-hybridized carbons (Fsp3) is 0.292. The van der Waals surface area contributed by atoms with Gasteiger partial charge in [-0.1, -0.05) is 11.6 Å². The number of benzene rings is 2. The summed E-state index contributed by atoms with van der Waals surface area (Å²) in [6.45, 7) is 4.19. The van der Waals surface area contributed by atoms with Crippen LogP contribution in [0.3, 0.4) is 0 Å². The minimum absolute atomic E-state index is 0.122. The molecule has 2 aromatic carbocycles. The van der Waals surface area contributed by atoms with Crippen molar-refractivity contribution in [2.75, 3.05) is 38.2 Å². The zero-order valence-electron chi connectivity index (χ0n) is 19.0. The maximum atomic E-state index is 13.2. The van der Waals surface area contributed by atoms with Crippen LogP contribution in [0.1, 0.15) is 21.6 Å². The van der Waals surface area contributed by atoms with E-state index in [0.717, 1.165) is 55.3 Å². The van der Waals surface area contributed by atoms with Gasteiger partial charge in [-0.15, -0.1) is 0 Å². The molecule has 0 saturated carbocycles. The SMILES string of the molecule is COc1ccc(/C=N\NC(=O)c2nn(C)cc2Cl)cc1CN1CCN(c2ccc(F)cc2)CC1. The van der Waals surface area contributed by atoms with Crippen molar-refractivity contribution < 1.29 is 13.9 Å². The van der Waals surface area contributed by atoms with Crippen LogP contribution in [-0.2, 0) is 13.6 Å². The molecule has 34 heavy (non-hydrogen) atoms. The first-order chi connectivity index (χ1) is 16.4. The molecule has 0 radical (unpaired) electrons. The lowest BCUT2D eigenvalue weighted by atomic mass is 10.1. The molecule has 0 aliphatic carbocycles. The monoisotopic (exact) mass is 484 g/mol. The normalized spacial score (nSPS) is 14.5. The molecule has 10 heteroatoms. The topological polar surface area (TPSA) is 75.0 Å². The lowest BCUT2D eigenvalue weighted by molar-refractivity contribution is 0.0949. The maximum Gasteiger partial charge on any atom is 0.293 e. The molecule has 1 aromatic heterocycles. The van der Waals surface area contributed by atoms with Crippen LogP contribution in [0.4, 0.5) is 10.1 Å². The van der Waals surface area contributed by atoms with Gasteiger partial charge in [0.15, 0.2) is 5.69 Å². The van der Waals surface area contributed by atoms with Crippen LogP contribution in [0.5, 0.6) is 5.75 Å². The molecule has 1 saturated heterocycles. The molecule has 0 atom stereocenters. The van der Waals surface area contributed by atoms with E-state index in [1.54, 1.807) is 26.6 Å². The number of rotatable bonds is 7. The average molecular weight is 485 g/mol. The highest BCUT2D eigenvalue weighted by Crippen LogP contribution is 2.23. The summed E-state index contributed by atoms with van der Waals surface area (Å²) < 4.78 is 20.2. The van der Waals surface area contributed by atoms with Crippen molar-refractivity contribution in [3.05, 3.63) is 76.3 Å². The Labute approximate surface area is 202 Å². The summed E-state index contributed by atoms with van der Waals surface area (Å²) in [4.78, 5) is 16.8. The molecule has 0 spiro atoms. The van der Waals surface area contributed by atoms with Crippen LogP contribution < -0.4 is 15.1 Å². The predicted molar refractivity (Wildman–Crippen MR) is 130 cm³/mol. The Morgan fingerprint density at radius 2 is 1.94 bits per heavy atom. The number of halogens is 2. The predicted octanol–water partition coefficient (Wildman–Crippen LogP) is 3.31. The standard InChI is InChI=1S/C24H26ClFN6O2/c1-30-16-21(25)23(29-30)24(33)28-27-14-17-3-8-22(34-2)18(13-17)15-31-9-11-32(12-10-31)20-6-4-19(26)5-7-20/h3-8,13-14,16H,9-12,15H2,1-2H3,(H,28,33)/b27-14-. The lowest BCUT2D eigenvalue weighted by Gasteiger charge is -2.36. The van der Waals surface area contributed by atoms with Crippen molar-refractivity contribution in [1.82, 2.24) is 20.1 Å². The summed E-state index contributed by atoms with van der Waals surface area (Å²) in [5.41, 5.74) is 5.47. The third kappa shape index (κ3) is 5.73. The summed E-state index contributed by atoms with van der Waals surface area (Å²) in [5, 5.41) is 8.33. The fourth-order valence-corrected chi connectivity index (χ4v) is 4.16. The molecule has 0 bridgehead atoms. The number of anilines is 1. The lowest BCUT2D eigenvalue weighted by Crippen LogP contribution is -2.46. The van der Waals surface area contributed by atoms with Crippen molar-refractivity contribution in [3.8, 4) is 5.75 Å². The van der Waals surface area contributed by atoms with Crippen molar-refractivity contribution in [3.63, 3.8) is 0 Å². The average Bonchev–Trinajstić information content (AvgIpc) is 3.18. The number of hydrazone groups is 1. The van der Waals surface area contributed by atoms with Crippen LogP contribution in [-0.4, -0.2) is 60.1 Å². The van der Waals surface area contributed by atoms with Gasteiger partial charge < -0.3 is 9.64 Å². The van der Waals surface area contributed by atoms with Gasteiger partial charge in [-0.05, 0) is 48.0 Å². The molecular weight excluding hydrogens is 459 g/mol. The Balaban J connectivity index is 1.37. The van der Waals surface area contributed by atoms with Crippen molar-refractivity contribution in [2.24, 2.45) is 12.1 Å². The van der Waals surface area contributed by atoms with Crippen LogP contribution in [0.15, 0.2) is 53.8 Å².